The van der Waals surface area contributed by atoms with Gasteiger partial charge in [0, 0.05) is 17.7 Å². The van der Waals surface area contributed by atoms with Crippen LogP contribution < -0.4 is 5.06 Å². The average Bonchev–Trinajstić information content (AvgIpc) is 2.45. The highest BCUT2D eigenvalue weighted by molar-refractivity contribution is 7.36. The van der Waals surface area contributed by atoms with E-state index in [-0.39, 0.29) is 5.44 Å². The van der Waals surface area contributed by atoms with Gasteiger partial charge in [0.05, 0.1) is 0 Å². The fourth-order valence-corrected chi connectivity index (χ4v) is 1.85. The van der Waals surface area contributed by atoms with Gasteiger partial charge in [-0.15, -0.1) is 0 Å². The zero-order valence-corrected chi connectivity index (χ0v) is 7.45. The molecule has 66 valence electrons. The minimum absolute atomic E-state index is 0.115. The van der Waals surface area contributed by atoms with Crippen molar-refractivity contribution >= 4 is 19.4 Å². The van der Waals surface area contributed by atoms with E-state index in [9.17, 15) is 14.3 Å². The Hall–Kier alpha value is -1.22. The van der Waals surface area contributed by atoms with Gasteiger partial charge in [0.15, 0.2) is 0 Å². The Morgan fingerprint density at radius 3 is 2.54 bits per heavy atom. The molecule has 13 heavy (non-hydrogen) atoms. The number of rotatable bonds is 1. The normalized spacial score (nSPS) is 19.5. The van der Waals surface area contributed by atoms with Gasteiger partial charge in [0.1, 0.15) is 5.69 Å². The number of para-hydroxylation sites is 1. The van der Waals surface area contributed by atoms with Gasteiger partial charge in [-0.25, -0.2) is 9.13 Å². The quantitative estimate of drug-likeness (QED) is 0.540. The second kappa shape index (κ2) is 2.92. The summed E-state index contributed by atoms with van der Waals surface area (Å²) in [6.07, 6.45) is 1.41. The third-order valence-corrected chi connectivity index (χ3v) is 2.65. The number of nitrogens with one attached hydrogen (secondary N) is 1. The first-order valence-electron chi connectivity index (χ1n) is 3.70. The van der Waals surface area contributed by atoms with Crippen molar-refractivity contribution in [3.05, 3.63) is 40.5 Å². The Balaban J connectivity index is 2.56. The molecule has 1 aromatic carbocycles. The van der Waals surface area contributed by atoms with Crippen LogP contribution in [0.3, 0.4) is 0 Å². The molecule has 1 heterocycles. The highest BCUT2D eigenvalue weighted by Crippen LogP contribution is 2.27. The second-order valence-electron chi connectivity index (χ2n) is 2.70. The number of hydrogen-bond acceptors (Lipinski definition) is 3. The highest BCUT2D eigenvalue weighted by atomic mass is 31.1. The van der Waals surface area contributed by atoms with Crippen molar-refractivity contribution in [2.45, 2.75) is 0 Å². The highest BCUT2D eigenvalue weighted by Gasteiger charge is 2.24. The van der Waals surface area contributed by atoms with E-state index in [1.807, 2.05) is 0 Å². The van der Waals surface area contributed by atoms with E-state index in [0.717, 1.165) is 0 Å². The third-order valence-electron chi connectivity index (χ3n) is 1.93. The fourth-order valence-electron chi connectivity index (χ4n) is 1.32. The van der Waals surface area contributed by atoms with Crippen molar-refractivity contribution in [1.82, 2.24) is 0 Å². The van der Waals surface area contributed by atoms with Crippen molar-refractivity contribution in [2.24, 2.45) is 0 Å². The molecule has 2 rings (SSSR count). The molecule has 5 heteroatoms. The van der Waals surface area contributed by atoms with E-state index in [2.05, 4.69) is 0 Å². The van der Waals surface area contributed by atoms with Crippen molar-refractivity contribution in [3.8, 4) is 0 Å². The molecule has 1 atom stereocenters. The van der Waals surface area contributed by atoms with Crippen molar-refractivity contribution in [3.63, 3.8) is 0 Å². The van der Waals surface area contributed by atoms with E-state index in [0.29, 0.717) is 11.3 Å². The van der Waals surface area contributed by atoms with Crippen LogP contribution in [-0.4, -0.2) is 0 Å². The molecule has 0 aromatic heterocycles. The predicted octanol–water partition coefficient (Wildman–Crippen LogP) is 1.19. The van der Waals surface area contributed by atoms with Crippen LogP contribution in [0.5, 0.6) is 0 Å². The van der Waals surface area contributed by atoms with Crippen molar-refractivity contribution < 1.29 is 14.2 Å². The summed E-state index contributed by atoms with van der Waals surface area (Å²) in [5.74, 6) is 0. The van der Waals surface area contributed by atoms with E-state index < -0.39 is 12.7 Å². The number of benzene rings is 1. The molecule has 0 spiro atoms. The van der Waals surface area contributed by atoms with Crippen LogP contribution in [-0.2, 0) is 9.13 Å². The maximum absolute atomic E-state index is 11.4. The van der Waals surface area contributed by atoms with Crippen LogP contribution in [0.15, 0.2) is 29.7 Å². The summed E-state index contributed by atoms with van der Waals surface area (Å²) >= 11 is 0. The van der Waals surface area contributed by atoms with E-state index in [4.69, 9.17) is 0 Å². The number of fused-ring (bicyclic) bond motifs is 1. The van der Waals surface area contributed by atoms with Crippen LogP contribution in [0, 0.1) is 5.21 Å². The molecule has 1 N–H and O–H groups in total. The zero-order chi connectivity index (χ0) is 9.42. The van der Waals surface area contributed by atoms with Gasteiger partial charge in [0.2, 0.25) is 5.44 Å². The van der Waals surface area contributed by atoms with Crippen molar-refractivity contribution in [1.29, 1.82) is 0 Å². The SMILES string of the molecule is O=P(=O)C1=Cc2ccccc2[NH+]1[O-]. The lowest BCUT2D eigenvalue weighted by Crippen LogP contribution is -2.98. The number of hydrogen-bond donors (Lipinski definition) is 1. The second-order valence-corrected chi connectivity index (χ2v) is 3.70. The van der Waals surface area contributed by atoms with Gasteiger partial charge in [-0.2, -0.15) is 0 Å². The Morgan fingerprint density at radius 1 is 1.23 bits per heavy atom. The Labute approximate surface area is 74.9 Å². The molecule has 0 amide bonds. The monoisotopic (exact) mass is 195 g/mol. The number of quaternary nitrogens is 1. The van der Waals surface area contributed by atoms with E-state index in [1.165, 1.54) is 6.08 Å². The molecule has 0 aliphatic carbocycles. The van der Waals surface area contributed by atoms with Gasteiger partial charge in [-0.3, -0.25) is 5.06 Å². The van der Waals surface area contributed by atoms with Crippen LogP contribution >= 0.6 is 7.68 Å². The van der Waals surface area contributed by atoms with Gasteiger partial charge in [-0.05, 0) is 6.07 Å². The minimum Gasteiger partial charge on any atom is -0.623 e. The number of hydroxylamine groups is 1. The molecular formula is C8H6NO3P. The topological polar surface area (TPSA) is 61.6 Å². The van der Waals surface area contributed by atoms with E-state index in [1.54, 1.807) is 24.3 Å². The summed E-state index contributed by atoms with van der Waals surface area (Å²) in [5, 5.41) is 11.0. The molecule has 1 unspecified atom stereocenters. The van der Waals surface area contributed by atoms with Crippen molar-refractivity contribution in [2.75, 3.05) is 0 Å². The molecule has 1 aromatic rings. The van der Waals surface area contributed by atoms with Gasteiger partial charge >= 0.3 is 7.68 Å². The van der Waals surface area contributed by atoms with Crippen LogP contribution in [0.4, 0.5) is 5.69 Å². The van der Waals surface area contributed by atoms with Crippen LogP contribution in [0.25, 0.3) is 6.08 Å². The summed E-state index contributed by atoms with van der Waals surface area (Å²) in [5.41, 5.74) is 1.04. The third kappa shape index (κ3) is 1.25. The van der Waals surface area contributed by atoms with Crippen LogP contribution in [0.2, 0.25) is 0 Å². The van der Waals surface area contributed by atoms with Gasteiger partial charge < -0.3 is 5.21 Å². The first-order chi connectivity index (χ1) is 6.20. The standard InChI is InChI=1S/C8H6NO3P/c10-9-7-4-2-1-3-6(7)5-8(9)13(11)12/h1-5,9H. The smallest absolute Gasteiger partial charge is 0.404 e. The molecule has 0 fully saturated rings. The van der Waals surface area contributed by atoms with Crippen LogP contribution in [0.1, 0.15) is 5.56 Å². The summed E-state index contributed by atoms with van der Waals surface area (Å²) in [4.78, 5) is 0. The summed E-state index contributed by atoms with van der Waals surface area (Å²) < 4.78 is 21.3. The molecule has 0 radical (unpaired) electrons. The average molecular weight is 195 g/mol. The lowest BCUT2D eigenvalue weighted by molar-refractivity contribution is -0.717. The first kappa shape index (κ1) is 8.38. The molecular weight excluding hydrogens is 189 g/mol. The Morgan fingerprint density at radius 2 is 1.92 bits per heavy atom. The minimum atomic E-state index is -2.78. The summed E-state index contributed by atoms with van der Waals surface area (Å²) in [6, 6.07) is 6.83. The molecule has 0 bridgehead atoms. The lowest BCUT2D eigenvalue weighted by atomic mass is 10.2. The van der Waals surface area contributed by atoms with Gasteiger partial charge in [-0.1, -0.05) is 12.1 Å². The molecule has 1 aliphatic heterocycles. The first-order valence-corrected chi connectivity index (χ1v) is 4.88. The van der Waals surface area contributed by atoms with Gasteiger partial charge in [0.25, 0.3) is 0 Å². The molecule has 0 saturated heterocycles. The summed E-state index contributed by atoms with van der Waals surface area (Å²) in [7, 11) is -2.78. The Kier molecular flexibility index (Phi) is 1.88. The lowest BCUT2D eigenvalue weighted by Gasteiger charge is -2.15. The van der Waals surface area contributed by atoms with E-state index >= 15 is 0 Å². The molecule has 0 saturated carbocycles. The maximum atomic E-state index is 11.4. The zero-order valence-electron chi connectivity index (χ0n) is 6.56. The fraction of sp³-hybridized carbons (Fsp3) is 0. The largest absolute Gasteiger partial charge is 0.623 e. The maximum Gasteiger partial charge on any atom is 0.404 e. The molecule has 1 aliphatic rings. The molecule has 4 nitrogen and oxygen atoms in total. The summed E-state index contributed by atoms with van der Waals surface area (Å²) in [6.45, 7) is 0. The predicted molar refractivity (Wildman–Crippen MR) is 46.7 cm³/mol. The Bertz CT molecular complexity index is 442.